The lowest BCUT2D eigenvalue weighted by atomic mass is 10.2. The molecule has 2 aromatic carbocycles. The summed E-state index contributed by atoms with van der Waals surface area (Å²) in [5.74, 6) is -0.875. The lowest BCUT2D eigenvalue weighted by Crippen LogP contribution is -2.20. The van der Waals surface area contributed by atoms with Gasteiger partial charge in [-0.1, -0.05) is 12.1 Å². The molecule has 0 unspecified atom stereocenters. The lowest BCUT2D eigenvalue weighted by molar-refractivity contribution is -0.387. The van der Waals surface area contributed by atoms with Crippen LogP contribution in [0.5, 0.6) is 17.4 Å². The van der Waals surface area contributed by atoms with Crippen LogP contribution in [-0.4, -0.2) is 39.6 Å². The number of benzene rings is 2. The first-order valence-corrected chi connectivity index (χ1v) is 9.57. The van der Waals surface area contributed by atoms with E-state index in [1.165, 1.54) is 19.3 Å². The Hall–Kier alpha value is -5.18. The van der Waals surface area contributed by atoms with E-state index in [1.54, 1.807) is 42.5 Å². The molecule has 0 atom stereocenters. The highest BCUT2D eigenvalue weighted by Crippen LogP contribution is 2.29. The fourth-order valence-corrected chi connectivity index (χ4v) is 2.77. The van der Waals surface area contributed by atoms with Crippen LogP contribution in [0.1, 0.15) is 17.0 Å². The summed E-state index contributed by atoms with van der Waals surface area (Å²) in [5, 5.41) is 31.8. The maximum atomic E-state index is 12.1. The van der Waals surface area contributed by atoms with Gasteiger partial charge in [-0.2, -0.15) is 10.2 Å². The molecule has 0 spiro atoms. The highest BCUT2D eigenvalue weighted by molar-refractivity contribution is 5.92. The van der Waals surface area contributed by atoms with E-state index in [0.29, 0.717) is 28.3 Å². The number of anilines is 1. The van der Waals surface area contributed by atoms with Gasteiger partial charge in [-0.3, -0.25) is 19.7 Å². The fourth-order valence-electron chi connectivity index (χ4n) is 2.77. The van der Waals surface area contributed by atoms with Crippen LogP contribution in [-0.2, 0) is 4.79 Å². The summed E-state index contributed by atoms with van der Waals surface area (Å²) in [4.78, 5) is 39.4. The number of carbonyl (C=O) groups excluding carboxylic acids is 1. The summed E-state index contributed by atoms with van der Waals surface area (Å²) in [7, 11) is 1.42. The number of aromatic hydroxyl groups is 1. The first kappa shape index (κ1) is 23.5. The Balaban J connectivity index is 1.67. The lowest BCUT2D eigenvalue weighted by Gasteiger charge is -2.11. The summed E-state index contributed by atoms with van der Waals surface area (Å²) < 4.78 is 10.8. The third-order valence-electron chi connectivity index (χ3n) is 4.36. The van der Waals surface area contributed by atoms with Gasteiger partial charge in [0, 0.05) is 5.69 Å². The van der Waals surface area contributed by atoms with Crippen molar-refractivity contribution in [2.75, 3.05) is 19.0 Å². The van der Waals surface area contributed by atoms with Gasteiger partial charge in [0.15, 0.2) is 18.1 Å². The van der Waals surface area contributed by atoms with Gasteiger partial charge < -0.3 is 24.9 Å². The second kappa shape index (κ2) is 10.4. The van der Waals surface area contributed by atoms with E-state index in [1.807, 2.05) is 6.07 Å². The predicted octanol–water partition coefficient (Wildman–Crippen LogP) is 2.45. The number of amides is 1. The molecule has 0 radical (unpaired) electrons. The topological polar surface area (TPSA) is 180 Å². The van der Waals surface area contributed by atoms with Crippen molar-refractivity contribution in [2.45, 2.75) is 0 Å². The zero-order valence-corrected chi connectivity index (χ0v) is 17.6. The maximum absolute atomic E-state index is 12.1. The molecular formula is C22H17N5O7. The minimum absolute atomic E-state index is 0.0909. The highest BCUT2D eigenvalue weighted by Gasteiger charge is 2.21. The first-order valence-electron chi connectivity index (χ1n) is 9.57. The van der Waals surface area contributed by atoms with Gasteiger partial charge >= 0.3 is 11.2 Å². The molecule has 0 aliphatic carbocycles. The number of nitriles is 1. The largest absolute Gasteiger partial charge is 0.493 e. The van der Waals surface area contributed by atoms with Gasteiger partial charge in [0.1, 0.15) is 5.82 Å². The Kier molecular flexibility index (Phi) is 7.20. The molecule has 0 aliphatic heterocycles. The third-order valence-corrected chi connectivity index (χ3v) is 4.36. The molecule has 0 saturated heterocycles. The van der Waals surface area contributed by atoms with Crippen molar-refractivity contribution in [3.8, 4) is 23.4 Å². The second-order valence-electron chi connectivity index (χ2n) is 6.65. The molecule has 0 saturated carbocycles. The van der Waals surface area contributed by atoms with Crippen LogP contribution in [0.25, 0.3) is 12.2 Å². The van der Waals surface area contributed by atoms with Crippen molar-refractivity contribution in [3.63, 3.8) is 0 Å². The zero-order chi connectivity index (χ0) is 24.7. The van der Waals surface area contributed by atoms with Crippen LogP contribution in [0.15, 0.2) is 47.3 Å². The highest BCUT2D eigenvalue weighted by atomic mass is 16.6. The molecule has 34 heavy (non-hydrogen) atoms. The third kappa shape index (κ3) is 5.74. The molecule has 172 valence electrons. The Labute approximate surface area is 191 Å². The van der Waals surface area contributed by atoms with E-state index in [2.05, 4.69) is 15.3 Å². The standard InChI is InChI=1S/C22H17N5O7/c1-33-17-10-13(5-9-18-25-21(29)20(27(31)32)22(30)26-18)4-8-16(17)34-12-19(28)24-15-6-2-14(11-23)3-7-15/h2-10H,12H2,1H3,(H,24,28)(H2,25,26,29,30)/b9-5+. The Morgan fingerprint density at radius 3 is 2.62 bits per heavy atom. The van der Waals surface area contributed by atoms with Crippen molar-refractivity contribution < 1.29 is 24.3 Å². The average Bonchev–Trinajstić information content (AvgIpc) is 2.81. The van der Waals surface area contributed by atoms with E-state index in [9.17, 15) is 24.8 Å². The minimum atomic E-state index is -1.09. The van der Waals surface area contributed by atoms with E-state index in [0.717, 1.165) is 0 Å². The van der Waals surface area contributed by atoms with Gasteiger partial charge in [-0.05, 0) is 48.0 Å². The van der Waals surface area contributed by atoms with E-state index < -0.39 is 28.0 Å². The number of nitro groups is 1. The molecule has 1 aromatic heterocycles. The molecule has 1 amide bonds. The molecule has 1 heterocycles. The number of hydrogen-bond donors (Lipinski definition) is 3. The van der Waals surface area contributed by atoms with Crippen molar-refractivity contribution in [1.29, 1.82) is 5.26 Å². The number of aromatic nitrogens is 2. The second-order valence-corrected chi connectivity index (χ2v) is 6.65. The summed E-state index contributed by atoms with van der Waals surface area (Å²) in [6.45, 7) is -0.293. The van der Waals surface area contributed by atoms with E-state index in [-0.39, 0.29) is 12.4 Å². The van der Waals surface area contributed by atoms with Crippen molar-refractivity contribution in [1.82, 2.24) is 9.97 Å². The quantitative estimate of drug-likeness (QED) is 0.334. The monoisotopic (exact) mass is 463 g/mol. The normalized spacial score (nSPS) is 10.5. The van der Waals surface area contributed by atoms with Crippen LogP contribution in [0.3, 0.4) is 0 Å². The molecule has 0 aliphatic rings. The van der Waals surface area contributed by atoms with Crippen LogP contribution in [0.4, 0.5) is 11.4 Å². The predicted molar refractivity (Wildman–Crippen MR) is 120 cm³/mol. The molecule has 0 bridgehead atoms. The van der Waals surface area contributed by atoms with Crippen molar-refractivity contribution in [2.24, 2.45) is 0 Å². The van der Waals surface area contributed by atoms with E-state index >= 15 is 0 Å². The van der Waals surface area contributed by atoms with Gasteiger partial charge in [-0.25, -0.2) is 0 Å². The maximum Gasteiger partial charge on any atom is 0.395 e. The van der Waals surface area contributed by atoms with Gasteiger partial charge in [0.2, 0.25) is 0 Å². The van der Waals surface area contributed by atoms with Crippen molar-refractivity contribution in [3.05, 3.63) is 79.9 Å². The molecule has 12 heteroatoms. The fraction of sp³-hybridized carbons (Fsp3) is 0.0909. The number of nitrogens with one attached hydrogen (secondary N) is 2. The van der Waals surface area contributed by atoms with Gasteiger partial charge in [-0.15, -0.1) is 0 Å². The van der Waals surface area contributed by atoms with Crippen LogP contribution in [0.2, 0.25) is 0 Å². The number of aromatic amines is 1. The summed E-state index contributed by atoms with van der Waals surface area (Å²) in [6.07, 6.45) is 2.86. The first-order chi connectivity index (χ1) is 16.3. The number of hydrogen-bond acceptors (Lipinski definition) is 9. The SMILES string of the molecule is COc1cc(/C=C/c2nc(O)c([N+](=O)[O-])c(=O)[nH]2)ccc1OCC(=O)Nc1ccc(C#N)cc1. The number of nitrogens with zero attached hydrogens (tertiary/aromatic N) is 3. The Morgan fingerprint density at radius 1 is 1.26 bits per heavy atom. The number of carbonyl (C=O) groups is 1. The number of ether oxygens (including phenoxy) is 2. The number of rotatable bonds is 8. The molecule has 3 aromatic rings. The van der Waals surface area contributed by atoms with Gasteiger partial charge in [0.05, 0.1) is 23.7 Å². The minimum Gasteiger partial charge on any atom is -0.493 e. The Morgan fingerprint density at radius 2 is 2.00 bits per heavy atom. The van der Waals surface area contributed by atoms with Gasteiger partial charge in [0.25, 0.3) is 11.8 Å². The average molecular weight is 463 g/mol. The molecule has 12 nitrogen and oxygen atoms in total. The van der Waals surface area contributed by atoms with E-state index in [4.69, 9.17) is 14.7 Å². The molecule has 0 fully saturated rings. The number of methoxy groups -OCH3 is 1. The molecule has 3 N–H and O–H groups in total. The Bertz CT molecular complexity index is 1360. The molecule has 3 rings (SSSR count). The summed E-state index contributed by atoms with van der Waals surface area (Å²) in [6, 6.07) is 13.1. The van der Waals surface area contributed by atoms with Crippen molar-refractivity contribution >= 4 is 29.4 Å². The zero-order valence-electron chi connectivity index (χ0n) is 17.6. The van der Waals surface area contributed by atoms with Crippen LogP contribution < -0.4 is 20.3 Å². The summed E-state index contributed by atoms with van der Waals surface area (Å²) in [5.41, 5.74) is -0.544. The van der Waals surface area contributed by atoms with Crippen LogP contribution >= 0.6 is 0 Å². The smallest absolute Gasteiger partial charge is 0.395 e. The van der Waals surface area contributed by atoms with Crippen LogP contribution in [0, 0.1) is 21.4 Å². The molecular weight excluding hydrogens is 446 g/mol. The number of H-pyrrole nitrogens is 1. The summed E-state index contributed by atoms with van der Waals surface area (Å²) >= 11 is 0.